The number of rotatable bonds is 9. The van der Waals surface area contributed by atoms with Gasteiger partial charge in [0.1, 0.15) is 6.10 Å². The van der Waals surface area contributed by atoms with Crippen molar-refractivity contribution in [1.29, 1.82) is 0 Å². The lowest BCUT2D eigenvalue weighted by molar-refractivity contribution is -0.145. The number of halogens is 1. The first-order chi connectivity index (χ1) is 13.8. The second-order valence-electron chi connectivity index (χ2n) is 6.17. The Morgan fingerprint density at radius 1 is 1.07 bits per heavy atom. The van der Waals surface area contributed by atoms with Crippen LogP contribution >= 0.6 is 11.6 Å². The molecule has 1 aromatic carbocycles. The van der Waals surface area contributed by atoms with Gasteiger partial charge in [-0.05, 0) is 17.7 Å². The summed E-state index contributed by atoms with van der Waals surface area (Å²) < 4.78 is 5.42. The van der Waals surface area contributed by atoms with Crippen molar-refractivity contribution >= 4 is 29.5 Å². The molecule has 1 saturated heterocycles. The van der Waals surface area contributed by atoms with Gasteiger partial charge < -0.3 is 25.2 Å². The molecule has 2 atom stereocenters. The van der Waals surface area contributed by atoms with Crippen LogP contribution in [0.25, 0.3) is 0 Å². The first-order valence-corrected chi connectivity index (χ1v) is 9.18. The van der Waals surface area contributed by atoms with Crippen LogP contribution in [0.3, 0.4) is 0 Å². The molecule has 1 aromatic rings. The molecule has 0 radical (unpaired) electrons. The maximum absolute atomic E-state index is 12.0. The molecule has 1 aliphatic rings. The van der Waals surface area contributed by atoms with Crippen molar-refractivity contribution in [3.8, 4) is 0 Å². The van der Waals surface area contributed by atoms with E-state index in [4.69, 9.17) is 36.8 Å². The van der Waals surface area contributed by atoms with E-state index < -0.39 is 11.9 Å². The molecule has 2 unspecified atom stereocenters. The fourth-order valence-corrected chi connectivity index (χ4v) is 2.83. The molecule has 2 rings (SSSR count). The lowest BCUT2D eigenvalue weighted by Crippen LogP contribution is -2.35. The van der Waals surface area contributed by atoms with Crippen molar-refractivity contribution in [2.45, 2.75) is 12.5 Å². The predicted molar refractivity (Wildman–Crippen MR) is 103 cm³/mol. The molecule has 9 nitrogen and oxygen atoms in total. The summed E-state index contributed by atoms with van der Waals surface area (Å²) in [4.78, 5) is 32.9. The van der Waals surface area contributed by atoms with E-state index in [-0.39, 0.29) is 31.2 Å². The van der Waals surface area contributed by atoms with Crippen molar-refractivity contribution in [3.63, 3.8) is 0 Å². The highest BCUT2D eigenvalue weighted by molar-refractivity contribution is 6.30. The Morgan fingerprint density at radius 2 is 1.59 bits per heavy atom. The minimum atomic E-state index is -1.26. The molecular formula is C19H24ClNO8. The van der Waals surface area contributed by atoms with Crippen LogP contribution in [0.15, 0.2) is 36.4 Å². The molecule has 4 N–H and O–H groups in total. The predicted octanol–water partition coefficient (Wildman–Crippen LogP) is 0.943. The van der Waals surface area contributed by atoms with Gasteiger partial charge >= 0.3 is 17.9 Å². The quantitative estimate of drug-likeness (QED) is 0.333. The van der Waals surface area contributed by atoms with E-state index in [0.29, 0.717) is 43.2 Å². The van der Waals surface area contributed by atoms with Gasteiger partial charge in [0.25, 0.3) is 0 Å². The SMILES string of the molecule is O=C(O)/C=C/C(=O)O.O=C1OC(c2ccc(Cl)cc2)CC1CN(CCO)CCO. The molecule has 1 fully saturated rings. The van der Waals surface area contributed by atoms with Crippen LogP contribution < -0.4 is 0 Å². The molecule has 1 aliphatic heterocycles. The number of benzene rings is 1. The zero-order chi connectivity index (χ0) is 21.8. The minimum absolute atomic E-state index is 0.00236. The third kappa shape index (κ3) is 9.53. The number of nitrogens with zero attached hydrogens (tertiary/aromatic N) is 1. The van der Waals surface area contributed by atoms with E-state index in [1.807, 2.05) is 17.0 Å². The van der Waals surface area contributed by atoms with Gasteiger partial charge in [0.15, 0.2) is 0 Å². The van der Waals surface area contributed by atoms with Gasteiger partial charge in [-0.25, -0.2) is 9.59 Å². The maximum Gasteiger partial charge on any atom is 0.328 e. The van der Waals surface area contributed by atoms with Crippen molar-refractivity contribution < 1.29 is 39.5 Å². The molecule has 0 aromatic heterocycles. The third-order valence-corrected chi connectivity index (χ3v) is 4.26. The van der Waals surface area contributed by atoms with Gasteiger partial charge in [-0.2, -0.15) is 0 Å². The van der Waals surface area contributed by atoms with Gasteiger partial charge in [-0.15, -0.1) is 0 Å². The zero-order valence-electron chi connectivity index (χ0n) is 15.6. The summed E-state index contributed by atoms with van der Waals surface area (Å²) in [5.74, 6) is -2.97. The average molecular weight is 430 g/mol. The van der Waals surface area contributed by atoms with E-state index in [9.17, 15) is 14.4 Å². The summed E-state index contributed by atoms with van der Waals surface area (Å²) in [5, 5.41) is 34.3. The zero-order valence-corrected chi connectivity index (χ0v) is 16.4. The molecule has 1 heterocycles. The Labute approximate surface area is 172 Å². The molecule has 0 saturated carbocycles. The number of carboxylic acid groups (broad SMARTS) is 2. The van der Waals surface area contributed by atoms with E-state index in [0.717, 1.165) is 5.56 Å². The van der Waals surface area contributed by atoms with Crippen LogP contribution in [0.2, 0.25) is 5.02 Å². The number of carboxylic acids is 2. The Morgan fingerprint density at radius 3 is 2.03 bits per heavy atom. The highest BCUT2D eigenvalue weighted by Gasteiger charge is 2.36. The van der Waals surface area contributed by atoms with Crippen LogP contribution in [0, 0.1) is 5.92 Å². The van der Waals surface area contributed by atoms with Gasteiger partial charge in [0.05, 0.1) is 19.1 Å². The normalized spacial score (nSPS) is 18.4. The van der Waals surface area contributed by atoms with Gasteiger partial charge in [0.2, 0.25) is 0 Å². The van der Waals surface area contributed by atoms with Crippen LogP contribution in [-0.2, 0) is 19.1 Å². The second-order valence-corrected chi connectivity index (χ2v) is 6.60. The summed E-state index contributed by atoms with van der Waals surface area (Å²) in [7, 11) is 0. The highest BCUT2D eigenvalue weighted by atomic mass is 35.5. The highest BCUT2D eigenvalue weighted by Crippen LogP contribution is 2.34. The number of carbonyl (C=O) groups excluding carboxylic acids is 1. The van der Waals surface area contributed by atoms with Gasteiger partial charge in [-0.1, -0.05) is 23.7 Å². The molecule has 0 aliphatic carbocycles. The lowest BCUT2D eigenvalue weighted by Gasteiger charge is -2.21. The summed E-state index contributed by atoms with van der Waals surface area (Å²) in [5.41, 5.74) is 0.936. The summed E-state index contributed by atoms with van der Waals surface area (Å²) in [6.45, 7) is 1.38. The number of cyclic esters (lactones) is 1. The van der Waals surface area contributed by atoms with Crippen molar-refractivity contribution in [3.05, 3.63) is 47.0 Å². The second kappa shape index (κ2) is 12.9. The molecule has 0 bridgehead atoms. The van der Waals surface area contributed by atoms with Crippen molar-refractivity contribution in [2.24, 2.45) is 5.92 Å². The Balaban J connectivity index is 0.000000447. The van der Waals surface area contributed by atoms with E-state index in [1.165, 1.54) is 0 Å². The van der Waals surface area contributed by atoms with E-state index >= 15 is 0 Å². The number of carbonyl (C=O) groups is 3. The standard InChI is InChI=1S/C15H20ClNO4.C4H4O4/c16-13-3-1-11(2-4-13)14-9-12(15(20)21-14)10-17(5-7-18)6-8-19;5-3(6)1-2-4(7)8/h1-4,12,14,18-19H,5-10H2;1-2H,(H,5,6)(H,7,8)/b;2-1+. The molecular weight excluding hydrogens is 406 g/mol. The van der Waals surface area contributed by atoms with Crippen LogP contribution in [0.1, 0.15) is 18.1 Å². The monoisotopic (exact) mass is 429 g/mol. The van der Waals surface area contributed by atoms with Crippen LogP contribution in [0.4, 0.5) is 0 Å². The largest absolute Gasteiger partial charge is 0.478 e. The third-order valence-electron chi connectivity index (χ3n) is 4.01. The first-order valence-electron chi connectivity index (χ1n) is 8.80. The number of hydrogen-bond donors (Lipinski definition) is 4. The van der Waals surface area contributed by atoms with Gasteiger partial charge in [-0.3, -0.25) is 9.69 Å². The number of ether oxygens (including phenoxy) is 1. The molecule has 29 heavy (non-hydrogen) atoms. The maximum atomic E-state index is 12.0. The summed E-state index contributed by atoms with van der Waals surface area (Å²) in [6.07, 6.45) is 1.48. The molecule has 0 amide bonds. The van der Waals surface area contributed by atoms with Gasteiger partial charge in [0, 0.05) is 43.2 Å². The first kappa shape index (κ1) is 24.6. The van der Waals surface area contributed by atoms with E-state index in [2.05, 4.69) is 0 Å². The topological polar surface area (TPSA) is 145 Å². The molecule has 10 heteroatoms. The smallest absolute Gasteiger partial charge is 0.328 e. The Bertz CT molecular complexity index is 685. The lowest BCUT2D eigenvalue weighted by atomic mass is 9.99. The fraction of sp³-hybridized carbons (Fsp3) is 0.421. The number of aliphatic hydroxyl groups excluding tert-OH is 2. The van der Waals surface area contributed by atoms with Crippen molar-refractivity contribution in [2.75, 3.05) is 32.8 Å². The Kier molecular flexibility index (Phi) is 10.9. The number of esters is 1. The Hall–Kier alpha value is -2.46. The summed E-state index contributed by atoms with van der Waals surface area (Å²) >= 11 is 5.85. The van der Waals surface area contributed by atoms with Crippen LogP contribution in [0.5, 0.6) is 0 Å². The number of hydrogen-bond acceptors (Lipinski definition) is 7. The minimum Gasteiger partial charge on any atom is -0.478 e. The summed E-state index contributed by atoms with van der Waals surface area (Å²) in [6, 6.07) is 7.29. The molecule has 0 spiro atoms. The average Bonchev–Trinajstić information content (AvgIpc) is 3.02. The van der Waals surface area contributed by atoms with Crippen molar-refractivity contribution in [1.82, 2.24) is 4.90 Å². The molecule has 160 valence electrons. The van der Waals surface area contributed by atoms with E-state index in [1.54, 1.807) is 12.1 Å². The fourth-order valence-electron chi connectivity index (χ4n) is 2.70. The number of aliphatic carboxylic acids is 2. The van der Waals surface area contributed by atoms with Crippen LogP contribution in [-0.4, -0.2) is 76.1 Å². The number of aliphatic hydroxyl groups is 2.